The zero-order valence-electron chi connectivity index (χ0n) is 17.4. The number of rotatable bonds is 6. The van der Waals surface area contributed by atoms with Gasteiger partial charge in [-0.25, -0.2) is 4.98 Å². The van der Waals surface area contributed by atoms with E-state index in [0.29, 0.717) is 16.5 Å². The average molecular weight is 437 g/mol. The maximum absolute atomic E-state index is 13.4. The van der Waals surface area contributed by atoms with Gasteiger partial charge < -0.3 is 15.0 Å². The smallest absolute Gasteiger partial charge is 0.246 e. The maximum atomic E-state index is 13.4. The van der Waals surface area contributed by atoms with E-state index in [-0.39, 0.29) is 5.91 Å². The molecule has 0 unspecified atom stereocenters. The number of carbonyl (C=O) groups excluding carboxylic acids is 1. The van der Waals surface area contributed by atoms with Crippen molar-refractivity contribution in [3.63, 3.8) is 0 Å². The summed E-state index contributed by atoms with van der Waals surface area (Å²) >= 11 is 6.23. The number of ether oxygens (including phenoxy) is 1. The Labute approximate surface area is 187 Å². The van der Waals surface area contributed by atoms with Gasteiger partial charge in [0.15, 0.2) is 0 Å². The second-order valence-electron chi connectivity index (χ2n) is 7.36. The number of anilines is 2. The Bertz CT molecular complexity index is 1010. The summed E-state index contributed by atoms with van der Waals surface area (Å²) in [5, 5.41) is 3.49. The Morgan fingerprint density at radius 3 is 2.42 bits per heavy atom. The normalized spacial score (nSPS) is 15.4. The predicted molar refractivity (Wildman–Crippen MR) is 124 cm³/mol. The SMILES string of the molecule is COc1ccc(NC(=O)[C@@H](c2ccccc2)N2CCN(c3ccccn3)CC2)cc1Cl. The third-order valence-electron chi connectivity index (χ3n) is 5.44. The number of nitrogens with zero attached hydrogens (tertiary/aromatic N) is 3. The maximum Gasteiger partial charge on any atom is 0.246 e. The van der Waals surface area contributed by atoms with Crippen LogP contribution in [0.3, 0.4) is 0 Å². The molecule has 1 N–H and O–H groups in total. The molecule has 0 radical (unpaired) electrons. The molecule has 0 spiro atoms. The minimum absolute atomic E-state index is 0.0845. The van der Waals surface area contributed by atoms with Gasteiger partial charge >= 0.3 is 0 Å². The fourth-order valence-corrected chi connectivity index (χ4v) is 4.13. The fraction of sp³-hybridized carbons (Fsp3) is 0.250. The lowest BCUT2D eigenvalue weighted by molar-refractivity contribution is -0.121. The Kier molecular flexibility index (Phi) is 6.70. The molecule has 1 amide bonds. The number of carbonyl (C=O) groups is 1. The van der Waals surface area contributed by atoms with Gasteiger partial charge in [-0.15, -0.1) is 0 Å². The van der Waals surface area contributed by atoms with Crippen LogP contribution in [0.1, 0.15) is 11.6 Å². The number of hydrogen-bond donors (Lipinski definition) is 1. The molecule has 2 heterocycles. The van der Waals surface area contributed by atoms with Crippen molar-refractivity contribution in [3.05, 3.63) is 83.5 Å². The first-order chi connectivity index (χ1) is 15.2. The van der Waals surface area contributed by atoms with E-state index in [1.165, 1.54) is 0 Å². The first kappa shape index (κ1) is 21.2. The van der Waals surface area contributed by atoms with Crippen LogP contribution in [0.2, 0.25) is 5.02 Å². The highest BCUT2D eigenvalue weighted by Gasteiger charge is 2.31. The van der Waals surface area contributed by atoms with Gasteiger partial charge in [-0.2, -0.15) is 0 Å². The molecule has 1 atom stereocenters. The topological polar surface area (TPSA) is 57.7 Å². The van der Waals surface area contributed by atoms with Crippen LogP contribution in [-0.2, 0) is 4.79 Å². The van der Waals surface area contributed by atoms with Crippen LogP contribution in [0.4, 0.5) is 11.5 Å². The zero-order valence-corrected chi connectivity index (χ0v) is 18.1. The third kappa shape index (κ3) is 4.98. The molecule has 7 heteroatoms. The highest BCUT2D eigenvalue weighted by molar-refractivity contribution is 6.32. The standard InChI is InChI=1S/C24H25ClN4O2/c1-31-21-11-10-19(17-20(21)25)27-24(30)23(18-7-3-2-4-8-18)29-15-13-28(14-16-29)22-9-5-6-12-26-22/h2-12,17,23H,13-16H2,1H3,(H,27,30)/t23-/m1/s1. The molecule has 1 saturated heterocycles. The van der Waals surface area contributed by atoms with Gasteiger partial charge in [-0.05, 0) is 35.9 Å². The highest BCUT2D eigenvalue weighted by atomic mass is 35.5. The number of amides is 1. The molecular weight excluding hydrogens is 412 g/mol. The molecule has 0 bridgehead atoms. The summed E-state index contributed by atoms with van der Waals surface area (Å²) in [5.74, 6) is 1.46. The van der Waals surface area contributed by atoms with E-state index in [1.54, 1.807) is 25.3 Å². The molecule has 31 heavy (non-hydrogen) atoms. The predicted octanol–water partition coefficient (Wildman–Crippen LogP) is 4.25. The number of nitrogens with one attached hydrogen (secondary N) is 1. The van der Waals surface area contributed by atoms with Gasteiger partial charge in [-0.1, -0.05) is 48.0 Å². The summed E-state index contributed by atoms with van der Waals surface area (Å²) in [6.07, 6.45) is 1.81. The summed E-state index contributed by atoms with van der Waals surface area (Å²) in [6.45, 7) is 3.13. The monoisotopic (exact) mass is 436 g/mol. The van der Waals surface area contributed by atoms with Crippen LogP contribution in [0.15, 0.2) is 72.9 Å². The van der Waals surface area contributed by atoms with Gasteiger partial charge in [0.2, 0.25) is 5.91 Å². The summed E-state index contributed by atoms with van der Waals surface area (Å²) in [5.41, 5.74) is 1.61. The Morgan fingerprint density at radius 2 is 1.77 bits per heavy atom. The van der Waals surface area contributed by atoms with E-state index in [4.69, 9.17) is 16.3 Å². The van der Waals surface area contributed by atoms with Crippen molar-refractivity contribution in [2.75, 3.05) is 43.5 Å². The first-order valence-corrected chi connectivity index (χ1v) is 10.6. The van der Waals surface area contributed by atoms with Crippen molar-refractivity contribution >= 4 is 29.0 Å². The first-order valence-electron chi connectivity index (χ1n) is 10.2. The van der Waals surface area contributed by atoms with Gasteiger partial charge in [0.05, 0.1) is 12.1 Å². The number of hydrogen-bond acceptors (Lipinski definition) is 5. The minimum Gasteiger partial charge on any atom is -0.495 e. The minimum atomic E-state index is -0.395. The van der Waals surface area contributed by atoms with E-state index >= 15 is 0 Å². The van der Waals surface area contributed by atoms with Crippen molar-refractivity contribution < 1.29 is 9.53 Å². The highest BCUT2D eigenvalue weighted by Crippen LogP contribution is 2.29. The van der Waals surface area contributed by atoms with Crippen molar-refractivity contribution in [3.8, 4) is 5.75 Å². The average Bonchev–Trinajstić information content (AvgIpc) is 2.81. The number of aromatic nitrogens is 1. The molecule has 0 aliphatic carbocycles. The van der Waals surface area contributed by atoms with Crippen molar-refractivity contribution in [1.82, 2.24) is 9.88 Å². The van der Waals surface area contributed by atoms with E-state index in [2.05, 4.69) is 20.1 Å². The van der Waals surface area contributed by atoms with Crippen LogP contribution >= 0.6 is 11.6 Å². The fourth-order valence-electron chi connectivity index (χ4n) is 3.87. The van der Waals surface area contributed by atoms with Crippen molar-refractivity contribution in [2.45, 2.75) is 6.04 Å². The number of piperazine rings is 1. The number of benzene rings is 2. The second-order valence-corrected chi connectivity index (χ2v) is 7.77. The van der Waals surface area contributed by atoms with Crippen LogP contribution in [0.25, 0.3) is 0 Å². The molecular formula is C24H25ClN4O2. The van der Waals surface area contributed by atoms with Crippen molar-refractivity contribution in [1.29, 1.82) is 0 Å². The molecule has 1 fully saturated rings. The quantitative estimate of drug-likeness (QED) is 0.626. The lowest BCUT2D eigenvalue weighted by Gasteiger charge is -2.39. The molecule has 6 nitrogen and oxygen atoms in total. The summed E-state index contributed by atoms with van der Waals surface area (Å²) in [7, 11) is 1.56. The Hall–Kier alpha value is -3.09. The third-order valence-corrected chi connectivity index (χ3v) is 5.73. The number of methoxy groups -OCH3 is 1. The molecule has 160 valence electrons. The van der Waals surface area contributed by atoms with Gasteiger partial charge in [-0.3, -0.25) is 9.69 Å². The second kappa shape index (κ2) is 9.81. The van der Waals surface area contributed by atoms with E-state index in [9.17, 15) is 4.79 Å². The Balaban J connectivity index is 1.51. The molecule has 3 aromatic rings. The molecule has 1 aromatic heterocycles. The van der Waals surface area contributed by atoms with Crippen LogP contribution in [0.5, 0.6) is 5.75 Å². The van der Waals surface area contributed by atoms with E-state index in [1.807, 2.05) is 54.7 Å². The lowest BCUT2D eigenvalue weighted by Crippen LogP contribution is -2.50. The van der Waals surface area contributed by atoms with Gasteiger partial charge in [0, 0.05) is 38.1 Å². The van der Waals surface area contributed by atoms with E-state index < -0.39 is 6.04 Å². The molecule has 0 saturated carbocycles. The lowest BCUT2D eigenvalue weighted by atomic mass is 10.0. The summed E-state index contributed by atoms with van der Waals surface area (Å²) < 4.78 is 5.20. The molecule has 2 aromatic carbocycles. The van der Waals surface area contributed by atoms with Crippen LogP contribution in [0, 0.1) is 0 Å². The molecule has 1 aliphatic rings. The summed E-state index contributed by atoms with van der Waals surface area (Å²) in [4.78, 5) is 22.3. The number of halogens is 1. The zero-order chi connectivity index (χ0) is 21.6. The largest absolute Gasteiger partial charge is 0.495 e. The van der Waals surface area contributed by atoms with Crippen LogP contribution < -0.4 is 15.0 Å². The number of pyridine rings is 1. The van der Waals surface area contributed by atoms with Crippen molar-refractivity contribution in [2.24, 2.45) is 0 Å². The Morgan fingerprint density at radius 1 is 1.03 bits per heavy atom. The van der Waals surface area contributed by atoms with E-state index in [0.717, 1.165) is 37.6 Å². The summed E-state index contributed by atoms with van der Waals surface area (Å²) in [6, 6.07) is 20.7. The molecule has 4 rings (SSSR count). The molecule has 1 aliphatic heterocycles. The van der Waals surface area contributed by atoms with Gasteiger partial charge in [0.1, 0.15) is 17.6 Å². The van der Waals surface area contributed by atoms with Crippen LogP contribution in [-0.4, -0.2) is 49.1 Å². The van der Waals surface area contributed by atoms with Gasteiger partial charge in [0.25, 0.3) is 0 Å².